The van der Waals surface area contributed by atoms with E-state index in [2.05, 4.69) is 0 Å². The summed E-state index contributed by atoms with van der Waals surface area (Å²) in [6.45, 7) is 6.71. The van der Waals surface area contributed by atoms with Gasteiger partial charge in [0.2, 0.25) is 5.91 Å². The molecule has 0 unspecified atom stereocenters. The third kappa shape index (κ3) is 4.61. The Morgan fingerprint density at radius 3 is 1.83 bits per heavy atom. The zero-order valence-corrected chi connectivity index (χ0v) is 14.7. The van der Waals surface area contributed by atoms with Crippen molar-refractivity contribution in [1.29, 1.82) is 0 Å². The van der Waals surface area contributed by atoms with Crippen LogP contribution in [0.4, 0.5) is 4.79 Å². The Labute approximate surface area is 143 Å². The largest absolute Gasteiger partial charge is 0.466 e. The van der Waals surface area contributed by atoms with Crippen LogP contribution in [0.3, 0.4) is 0 Å². The summed E-state index contributed by atoms with van der Waals surface area (Å²) >= 11 is 0. The van der Waals surface area contributed by atoms with Crippen LogP contribution in [0.25, 0.3) is 0 Å². The molecule has 24 heavy (non-hydrogen) atoms. The van der Waals surface area contributed by atoms with E-state index in [0.717, 1.165) is 0 Å². The second-order valence-electron chi connectivity index (χ2n) is 6.31. The standard InChI is InChI=1S/C17H28N2O5/c1-3-23-16(21)14-7-9-18(10-8-14)15(20)13-5-11-19(12-6-13)17(22)24-4-2/h13-14H,3-12H2,1-2H3. The van der Waals surface area contributed by atoms with E-state index >= 15 is 0 Å². The third-order valence-electron chi connectivity index (χ3n) is 4.80. The molecule has 0 aromatic heterocycles. The van der Waals surface area contributed by atoms with Crippen molar-refractivity contribution in [2.45, 2.75) is 39.5 Å². The van der Waals surface area contributed by atoms with Crippen LogP contribution in [0.15, 0.2) is 0 Å². The predicted octanol–water partition coefficient (Wildman–Crippen LogP) is 1.66. The molecule has 2 fully saturated rings. The molecule has 0 saturated carbocycles. The molecule has 2 heterocycles. The Morgan fingerprint density at radius 2 is 1.29 bits per heavy atom. The maximum atomic E-state index is 12.6. The molecule has 0 radical (unpaired) electrons. The van der Waals surface area contributed by atoms with E-state index in [-0.39, 0.29) is 29.8 Å². The number of piperidine rings is 2. The molecule has 0 bridgehead atoms. The van der Waals surface area contributed by atoms with Gasteiger partial charge in [-0.3, -0.25) is 9.59 Å². The first kappa shape index (κ1) is 18.5. The molecule has 2 amide bonds. The molecule has 0 aromatic carbocycles. The average Bonchev–Trinajstić information content (AvgIpc) is 2.62. The lowest BCUT2D eigenvalue weighted by molar-refractivity contribution is -0.152. The van der Waals surface area contributed by atoms with Crippen molar-refractivity contribution in [1.82, 2.24) is 9.80 Å². The summed E-state index contributed by atoms with van der Waals surface area (Å²) in [5.41, 5.74) is 0. The van der Waals surface area contributed by atoms with E-state index in [4.69, 9.17) is 9.47 Å². The summed E-state index contributed by atoms with van der Waals surface area (Å²) in [6, 6.07) is 0. The Hall–Kier alpha value is -1.79. The van der Waals surface area contributed by atoms with E-state index in [0.29, 0.717) is 65.1 Å². The molecule has 2 rings (SSSR count). The molecule has 2 aliphatic rings. The molecule has 0 spiro atoms. The minimum absolute atomic E-state index is 0.0326. The second-order valence-corrected chi connectivity index (χ2v) is 6.31. The number of hydrogen-bond acceptors (Lipinski definition) is 5. The number of carbonyl (C=O) groups is 3. The second kappa shape index (κ2) is 8.89. The van der Waals surface area contributed by atoms with Gasteiger partial charge in [-0.1, -0.05) is 0 Å². The van der Waals surface area contributed by atoms with Gasteiger partial charge < -0.3 is 19.3 Å². The lowest BCUT2D eigenvalue weighted by Gasteiger charge is -2.36. The Kier molecular flexibility index (Phi) is 6.87. The van der Waals surface area contributed by atoms with Crippen LogP contribution in [0.5, 0.6) is 0 Å². The molecule has 0 atom stereocenters. The molecule has 7 heteroatoms. The number of rotatable bonds is 4. The molecule has 2 saturated heterocycles. The van der Waals surface area contributed by atoms with Gasteiger partial charge in [0.15, 0.2) is 0 Å². The van der Waals surface area contributed by atoms with Gasteiger partial charge in [-0.05, 0) is 39.5 Å². The highest BCUT2D eigenvalue weighted by atomic mass is 16.6. The smallest absolute Gasteiger partial charge is 0.409 e. The lowest BCUT2D eigenvalue weighted by Crippen LogP contribution is -2.47. The number of carbonyl (C=O) groups excluding carboxylic acids is 3. The number of likely N-dealkylation sites (tertiary alicyclic amines) is 2. The SMILES string of the molecule is CCOC(=O)C1CCN(C(=O)C2CCN(C(=O)OCC)CC2)CC1. The molecular formula is C17H28N2O5. The van der Waals surface area contributed by atoms with Gasteiger partial charge in [0.05, 0.1) is 19.1 Å². The van der Waals surface area contributed by atoms with Crippen LogP contribution >= 0.6 is 0 Å². The number of amides is 2. The summed E-state index contributed by atoms with van der Waals surface area (Å²) in [5.74, 6) is -0.109. The first-order valence-electron chi connectivity index (χ1n) is 8.93. The average molecular weight is 340 g/mol. The topological polar surface area (TPSA) is 76.2 Å². The molecule has 0 aromatic rings. The third-order valence-corrected chi connectivity index (χ3v) is 4.80. The normalized spacial score (nSPS) is 19.9. The summed E-state index contributed by atoms with van der Waals surface area (Å²) in [4.78, 5) is 39.6. The van der Waals surface area contributed by atoms with Gasteiger partial charge in [-0.2, -0.15) is 0 Å². The minimum Gasteiger partial charge on any atom is -0.466 e. The minimum atomic E-state index is -0.293. The fourth-order valence-corrected chi connectivity index (χ4v) is 3.38. The molecule has 136 valence electrons. The van der Waals surface area contributed by atoms with Crippen LogP contribution in [-0.2, 0) is 19.1 Å². The number of hydrogen-bond donors (Lipinski definition) is 0. The van der Waals surface area contributed by atoms with Crippen molar-refractivity contribution in [2.24, 2.45) is 11.8 Å². The summed E-state index contributed by atoms with van der Waals surface area (Å²) in [7, 11) is 0. The van der Waals surface area contributed by atoms with Gasteiger partial charge in [-0.15, -0.1) is 0 Å². The van der Waals surface area contributed by atoms with E-state index in [1.807, 2.05) is 4.90 Å². The van der Waals surface area contributed by atoms with E-state index in [9.17, 15) is 14.4 Å². The molecule has 0 N–H and O–H groups in total. The molecule has 2 aliphatic heterocycles. The van der Waals surface area contributed by atoms with Crippen molar-refractivity contribution >= 4 is 18.0 Å². The molecule has 0 aliphatic carbocycles. The van der Waals surface area contributed by atoms with Gasteiger partial charge in [-0.25, -0.2) is 4.79 Å². The highest BCUT2D eigenvalue weighted by Crippen LogP contribution is 2.24. The first-order chi connectivity index (χ1) is 11.6. The fraction of sp³-hybridized carbons (Fsp3) is 0.824. The molecule has 7 nitrogen and oxygen atoms in total. The Morgan fingerprint density at radius 1 is 0.792 bits per heavy atom. The van der Waals surface area contributed by atoms with Crippen molar-refractivity contribution in [3.05, 3.63) is 0 Å². The monoisotopic (exact) mass is 340 g/mol. The Balaban J connectivity index is 1.76. The van der Waals surface area contributed by atoms with Crippen molar-refractivity contribution in [3.63, 3.8) is 0 Å². The van der Waals surface area contributed by atoms with Crippen LogP contribution in [0.1, 0.15) is 39.5 Å². The van der Waals surface area contributed by atoms with E-state index < -0.39 is 0 Å². The lowest BCUT2D eigenvalue weighted by atomic mass is 9.92. The first-order valence-corrected chi connectivity index (χ1v) is 8.93. The van der Waals surface area contributed by atoms with Crippen LogP contribution in [0.2, 0.25) is 0 Å². The van der Waals surface area contributed by atoms with Gasteiger partial charge in [0, 0.05) is 32.1 Å². The van der Waals surface area contributed by atoms with Crippen molar-refractivity contribution < 1.29 is 23.9 Å². The van der Waals surface area contributed by atoms with Crippen LogP contribution in [-0.4, -0.2) is 67.2 Å². The summed E-state index contributed by atoms with van der Waals surface area (Å²) < 4.78 is 10.1. The summed E-state index contributed by atoms with van der Waals surface area (Å²) in [5, 5.41) is 0. The molecular weight excluding hydrogens is 312 g/mol. The fourth-order valence-electron chi connectivity index (χ4n) is 3.38. The highest BCUT2D eigenvalue weighted by Gasteiger charge is 2.34. The van der Waals surface area contributed by atoms with Crippen molar-refractivity contribution in [3.8, 4) is 0 Å². The summed E-state index contributed by atoms with van der Waals surface area (Å²) in [6.07, 6.45) is 2.40. The van der Waals surface area contributed by atoms with Gasteiger partial charge in [0.25, 0.3) is 0 Å². The number of nitrogens with zero attached hydrogens (tertiary/aromatic N) is 2. The zero-order valence-electron chi connectivity index (χ0n) is 14.7. The van der Waals surface area contributed by atoms with Crippen LogP contribution < -0.4 is 0 Å². The maximum absolute atomic E-state index is 12.6. The van der Waals surface area contributed by atoms with E-state index in [1.54, 1.807) is 18.7 Å². The van der Waals surface area contributed by atoms with Crippen LogP contribution in [0, 0.1) is 11.8 Å². The van der Waals surface area contributed by atoms with Crippen molar-refractivity contribution in [2.75, 3.05) is 39.4 Å². The predicted molar refractivity (Wildman–Crippen MR) is 87.3 cm³/mol. The van der Waals surface area contributed by atoms with E-state index in [1.165, 1.54) is 0 Å². The van der Waals surface area contributed by atoms with Gasteiger partial charge in [0.1, 0.15) is 0 Å². The maximum Gasteiger partial charge on any atom is 0.409 e. The highest BCUT2D eigenvalue weighted by molar-refractivity contribution is 5.80. The number of esters is 1. The number of ether oxygens (including phenoxy) is 2. The van der Waals surface area contributed by atoms with Gasteiger partial charge >= 0.3 is 12.1 Å². The Bertz CT molecular complexity index is 412. The zero-order chi connectivity index (χ0) is 17.5. The quantitative estimate of drug-likeness (QED) is 0.728.